The van der Waals surface area contributed by atoms with Crippen molar-refractivity contribution in [2.24, 2.45) is 0 Å². The minimum Gasteiger partial charge on any atom is -0.548 e. The quantitative estimate of drug-likeness (QED) is 0.293. The normalized spacial score (nSPS) is 12.7. The zero-order chi connectivity index (χ0) is 29.1. The van der Waals surface area contributed by atoms with Gasteiger partial charge in [0.1, 0.15) is 0 Å². The van der Waals surface area contributed by atoms with E-state index in [0.717, 1.165) is 34.4 Å². The van der Waals surface area contributed by atoms with Crippen LogP contribution in [0.1, 0.15) is 54.2 Å². The van der Waals surface area contributed by atoms with Crippen LogP contribution in [0.2, 0.25) is 0 Å². The van der Waals surface area contributed by atoms with Gasteiger partial charge in [-0.15, -0.1) is 0 Å². The Morgan fingerprint density at radius 2 is 1.63 bits per heavy atom. The number of benzene rings is 3. The fourth-order valence-electron chi connectivity index (χ4n) is 4.30. The number of carboxylic acid groups (broad SMARTS) is 1. The summed E-state index contributed by atoms with van der Waals surface area (Å²) in [5.74, 6) is -0.228. The van der Waals surface area contributed by atoms with Gasteiger partial charge in [-0.25, -0.2) is 0 Å². The molecule has 0 bridgehead atoms. The van der Waals surface area contributed by atoms with Crippen molar-refractivity contribution in [3.8, 4) is 11.1 Å². The summed E-state index contributed by atoms with van der Waals surface area (Å²) >= 11 is 3.41. The van der Waals surface area contributed by atoms with Crippen molar-refractivity contribution in [3.63, 3.8) is 0 Å². The predicted octanol–water partition coefficient (Wildman–Crippen LogP) is 2.93. The molecule has 0 spiro atoms. The zero-order valence-electron chi connectivity index (χ0n) is 25.1. The van der Waals surface area contributed by atoms with Gasteiger partial charge in [-0.3, -0.25) is 4.79 Å². The van der Waals surface area contributed by atoms with Gasteiger partial charge < -0.3 is 20.0 Å². The average molecular weight is 586 g/mol. The minimum absolute atomic E-state index is 0. The van der Waals surface area contributed by atoms with Crippen LogP contribution < -0.4 is 29.3 Å². The number of amides is 1. The Hall–Kier alpha value is -2.14. The van der Waals surface area contributed by atoms with E-state index in [1.165, 1.54) is 17.3 Å². The second kappa shape index (κ2) is 17.1. The number of rotatable bonds is 14. The number of nitrogens with one attached hydrogen (secondary N) is 1. The molecule has 0 aliphatic rings. The topological polar surface area (TPSA) is 78.5 Å². The Kier molecular flexibility index (Phi) is 14.6. The van der Waals surface area contributed by atoms with Crippen molar-refractivity contribution in [3.05, 3.63) is 95.1 Å². The number of carboxylic acids is 1. The summed E-state index contributed by atoms with van der Waals surface area (Å²) in [5.41, 5.74) is 5.32. The maximum absolute atomic E-state index is 13.3. The van der Waals surface area contributed by atoms with Crippen LogP contribution in [0, 0.1) is 6.92 Å². The number of ether oxygens (including phenoxy) is 1. The standard InChI is InChI=1S/C33H41NO4S2.Li/c1-23-11-9-10-14-27(23)29-20-25(15-16-28(29)31(35)34-30(32(36)37)17-18-39-5)21-38-26(22-40-33(2,3)4)19-24-12-7-6-8-13-24;/h6-16,20,26,30H,17-19,21-22H2,1-5H3,(H,34,35)(H,36,37);/q;+1/p-1/t26-,30-;/m0./s1. The molecule has 214 valence electrons. The van der Waals surface area contributed by atoms with E-state index in [1.807, 2.05) is 79.5 Å². The van der Waals surface area contributed by atoms with Gasteiger partial charge in [-0.05, 0) is 71.7 Å². The summed E-state index contributed by atoms with van der Waals surface area (Å²) in [4.78, 5) is 25.0. The Balaban J connectivity index is 0.00000588. The van der Waals surface area contributed by atoms with Gasteiger partial charge in [-0.1, -0.05) is 81.4 Å². The summed E-state index contributed by atoms with van der Waals surface area (Å²) in [7, 11) is 0. The molecule has 0 aliphatic heterocycles. The van der Waals surface area contributed by atoms with Crippen LogP contribution in [-0.2, 0) is 22.6 Å². The molecule has 0 aliphatic carbocycles. The van der Waals surface area contributed by atoms with E-state index in [4.69, 9.17) is 4.74 Å². The van der Waals surface area contributed by atoms with E-state index >= 15 is 0 Å². The van der Waals surface area contributed by atoms with Crippen LogP contribution in [0.25, 0.3) is 11.1 Å². The largest absolute Gasteiger partial charge is 1.00 e. The summed E-state index contributed by atoms with van der Waals surface area (Å²) in [5, 5.41) is 14.4. The smallest absolute Gasteiger partial charge is 0.548 e. The Bertz CT molecular complexity index is 1260. The number of carbonyl (C=O) groups is 2. The van der Waals surface area contributed by atoms with Crippen LogP contribution in [0.3, 0.4) is 0 Å². The number of hydrogen-bond donors (Lipinski definition) is 1. The van der Waals surface area contributed by atoms with Gasteiger partial charge in [0.15, 0.2) is 0 Å². The van der Waals surface area contributed by atoms with E-state index in [1.54, 1.807) is 6.07 Å². The molecule has 3 aromatic carbocycles. The van der Waals surface area contributed by atoms with Crippen molar-refractivity contribution in [1.82, 2.24) is 5.32 Å². The van der Waals surface area contributed by atoms with Crippen LogP contribution in [0.4, 0.5) is 0 Å². The number of hydrogen-bond acceptors (Lipinski definition) is 6. The molecule has 0 heterocycles. The molecular formula is C33H40LiNO4S2. The third-order valence-corrected chi connectivity index (χ3v) is 8.51. The molecule has 0 unspecified atom stereocenters. The van der Waals surface area contributed by atoms with E-state index in [-0.39, 0.29) is 29.7 Å². The minimum atomic E-state index is -1.28. The first-order valence-electron chi connectivity index (χ1n) is 13.6. The van der Waals surface area contributed by atoms with Gasteiger partial charge in [0.05, 0.1) is 24.7 Å². The molecule has 1 N–H and O–H groups in total. The van der Waals surface area contributed by atoms with E-state index in [9.17, 15) is 14.7 Å². The zero-order valence-corrected chi connectivity index (χ0v) is 26.7. The number of carbonyl (C=O) groups excluding carboxylic acids is 2. The van der Waals surface area contributed by atoms with Crippen LogP contribution >= 0.6 is 23.5 Å². The fourth-order valence-corrected chi connectivity index (χ4v) is 5.67. The van der Waals surface area contributed by atoms with Crippen molar-refractivity contribution in [2.45, 2.75) is 64.0 Å². The van der Waals surface area contributed by atoms with E-state index < -0.39 is 17.9 Å². The Labute approximate surface area is 265 Å². The SMILES string of the molecule is CSCC[C@H](NC(=O)c1ccc(CO[C@H](CSC(C)(C)C)Cc2ccccc2)cc1-c1ccccc1C)C(=O)[O-].[Li+]. The van der Waals surface area contributed by atoms with Crippen molar-refractivity contribution >= 4 is 35.4 Å². The van der Waals surface area contributed by atoms with Crippen molar-refractivity contribution in [2.75, 3.05) is 17.8 Å². The van der Waals surface area contributed by atoms with Gasteiger partial charge in [0.2, 0.25) is 0 Å². The monoisotopic (exact) mass is 585 g/mol. The molecule has 3 aromatic rings. The molecule has 0 aromatic heterocycles. The first-order chi connectivity index (χ1) is 19.1. The average Bonchev–Trinajstić information content (AvgIpc) is 2.92. The number of aliphatic carboxylic acids is 1. The summed E-state index contributed by atoms with van der Waals surface area (Å²) < 4.78 is 6.61. The second-order valence-corrected chi connectivity index (χ2v) is 13.7. The fraction of sp³-hybridized carbons (Fsp3) is 0.394. The third-order valence-electron chi connectivity index (χ3n) is 6.46. The summed E-state index contributed by atoms with van der Waals surface area (Å²) in [6, 6.07) is 22.9. The van der Waals surface area contributed by atoms with E-state index in [2.05, 4.69) is 38.2 Å². The molecule has 3 rings (SSSR count). The molecule has 2 atom stereocenters. The maximum Gasteiger partial charge on any atom is 1.00 e. The summed E-state index contributed by atoms with van der Waals surface area (Å²) in [6.45, 7) is 9.03. The molecule has 5 nitrogen and oxygen atoms in total. The van der Waals surface area contributed by atoms with Gasteiger partial charge in [0.25, 0.3) is 5.91 Å². The molecule has 1 amide bonds. The Morgan fingerprint density at radius 1 is 0.951 bits per heavy atom. The molecule has 0 fully saturated rings. The molecule has 41 heavy (non-hydrogen) atoms. The molecule has 0 saturated carbocycles. The third kappa shape index (κ3) is 11.6. The van der Waals surface area contributed by atoms with E-state index in [0.29, 0.717) is 24.3 Å². The van der Waals surface area contributed by atoms with Crippen molar-refractivity contribution < 1.29 is 38.3 Å². The van der Waals surface area contributed by atoms with Crippen LogP contribution in [0.15, 0.2) is 72.8 Å². The summed E-state index contributed by atoms with van der Waals surface area (Å²) in [6.07, 6.45) is 3.04. The first kappa shape index (κ1) is 35.1. The first-order valence-corrected chi connectivity index (χ1v) is 15.9. The molecular weight excluding hydrogens is 545 g/mol. The number of thioether (sulfide) groups is 2. The number of aryl methyl sites for hydroxylation is 1. The van der Waals surface area contributed by atoms with Gasteiger partial charge in [-0.2, -0.15) is 23.5 Å². The maximum atomic E-state index is 13.3. The molecule has 0 radical (unpaired) electrons. The molecule has 8 heteroatoms. The van der Waals surface area contributed by atoms with Gasteiger partial charge in [0, 0.05) is 16.1 Å². The molecule has 0 saturated heterocycles. The predicted molar refractivity (Wildman–Crippen MR) is 167 cm³/mol. The van der Waals surface area contributed by atoms with Crippen LogP contribution in [-0.4, -0.2) is 46.5 Å². The van der Waals surface area contributed by atoms with Crippen molar-refractivity contribution in [1.29, 1.82) is 0 Å². The van der Waals surface area contributed by atoms with Crippen LogP contribution in [0.5, 0.6) is 0 Å². The Morgan fingerprint density at radius 3 is 2.27 bits per heavy atom. The second-order valence-electron chi connectivity index (χ2n) is 10.9. The van der Waals surface area contributed by atoms with Gasteiger partial charge >= 0.3 is 18.9 Å².